The van der Waals surface area contributed by atoms with Crippen LogP contribution in [0.15, 0.2) is 12.1 Å². The zero-order valence-corrected chi connectivity index (χ0v) is 13.4. The van der Waals surface area contributed by atoms with Crippen molar-refractivity contribution in [1.29, 1.82) is 0 Å². The number of aryl methyl sites for hydroxylation is 1. The van der Waals surface area contributed by atoms with Crippen LogP contribution in [0.3, 0.4) is 0 Å². The first kappa shape index (κ1) is 15.3. The van der Waals surface area contributed by atoms with Crippen LogP contribution in [-0.2, 0) is 10.0 Å². The van der Waals surface area contributed by atoms with Crippen LogP contribution in [0.4, 0.5) is 5.69 Å². The summed E-state index contributed by atoms with van der Waals surface area (Å²) < 4.78 is 26.0. The minimum absolute atomic E-state index is 0.190. The molecule has 0 aliphatic carbocycles. The Kier molecular flexibility index (Phi) is 4.34. The average molecular weight is 297 g/mol. The molecule has 1 aromatic rings. The summed E-state index contributed by atoms with van der Waals surface area (Å²) in [5, 5.41) is 2.76. The second kappa shape index (κ2) is 5.69. The Hall–Kier alpha value is -1.14. The van der Waals surface area contributed by atoms with E-state index in [9.17, 15) is 8.42 Å². The Morgan fingerprint density at radius 1 is 1.40 bits per heavy atom. The molecule has 6 heteroatoms. The summed E-state index contributed by atoms with van der Waals surface area (Å²) in [6, 6.07) is 4.00. The van der Waals surface area contributed by atoms with E-state index in [0.29, 0.717) is 13.1 Å². The van der Waals surface area contributed by atoms with Crippen molar-refractivity contribution in [3.05, 3.63) is 23.5 Å². The van der Waals surface area contributed by atoms with Gasteiger partial charge in [-0.3, -0.25) is 4.98 Å². The van der Waals surface area contributed by atoms with E-state index in [1.165, 1.54) is 0 Å². The summed E-state index contributed by atoms with van der Waals surface area (Å²) in [7, 11) is -1.28. The maximum Gasteiger partial charge on any atom is 0.216 e. The molecule has 0 radical (unpaired) electrons. The van der Waals surface area contributed by atoms with E-state index in [0.717, 1.165) is 23.5 Å². The van der Waals surface area contributed by atoms with Gasteiger partial charge in [0.2, 0.25) is 10.0 Å². The smallest absolute Gasteiger partial charge is 0.216 e. The second-order valence-electron chi connectivity index (χ2n) is 5.61. The number of anilines is 1. The van der Waals surface area contributed by atoms with E-state index in [4.69, 9.17) is 0 Å². The molecule has 2 heterocycles. The lowest BCUT2D eigenvalue weighted by Crippen LogP contribution is -2.34. The number of hydrogen-bond donors (Lipinski definition) is 1. The van der Waals surface area contributed by atoms with Crippen molar-refractivity contribution in [3.63, 3.8) is 0 Å². The van der Waals surface area contributed by atoms with Gasteiger partial charge in [-0.15, -0.1) is 0 Å². The number of sulfonamides is 1. The molecule has 0 saturated carbocycles. The minimum atomic E-state index is -3.15. The standard InChI is InChI=1S/C14H23N3O2S/c1-10(2)20(18,19)17-6-5-12(9-17)14-8-13(15-4)7-11(3)16-14/h7-8,10,12H,5-6,9H2,1-4H3,(H,15,16)/t12-/m1/s1. The third kappa shape index (κ3) is 2.96. The van der Waals surface area contributed by atoms with Crippen LogP contribution in [0.1, 0.15) is 37.6 Å². The van der Waals surface area contributed by atoms with Crippen molar-refractivity contribution in [1.82, 2.24) is 9.29 Å². The van der Waals surface area contributed by atoms with Gasteiger partial charge in [0.15, 0.2) is 0 Å². The van der Waals surface area contributed by atoms with Crippen LogP contribution < -0.4 is 5.32 Å². The molecule has 1 atom stereocenters. The van der Waals surface area contributed by atoms with Gasteiger partial charge in [-0.2, -0.15) is 0 Å². The molecule has 1 fully saturated rings. The lowest BCUT2D eigenvalue weighted by atomic mass is 10.0. The van der Waals surface area contributed by atoms with Gasteiger partial charge < -0.3 is 5.32 Å². The quantitative estimate of drug-likeness (QED) is 0.923. The predicted octanol–water partition coefficient (Wildman–Crippen LogP) is 1.96. The number of nitrogens with one attached hydrogen (secondary N) is 1. The highest BCUT2D eigenvalue weighted by molar-refractivity contribution is 7.89. The number of hydrogen-bond acceptors (Lipinski definition) is 4. The maximum absolute atomic E-state index is 12.2. The van der Waals surface area contributed by atoms with Crippen LogP contribution in [0, 0.1) is 6.92 Å². The molecular formula is C14H23N3O2S. The fourth-order valence-corrected chi connectivity index (χ4v) is 3.89. The van der Waals surface area contributed by atoms with Gasteiger partial charge in [0.05, 0.1) is 5.25 Å². The molecule has 1 aromatic heterocycles. The Morgan fingerprint density at radius 3 is 2.70 bits per heavy atom. The second-order valence-corrected chi connectivity index (χ2v) is 8.10. The lowest BCUT2D eigenvalue weighted by molar-refractivity contribution is 0.465. The summed E-state index contributed by atoms with van der Waals surface area (Å²) in [6.45, 7) is 6.55. The highest BCUT2D eigenvalue weighted by Crippen LogP contribution is 2.30. The molecule has 1 saturated heterocycles. The summed E-state index contributed by atoms with van der Waals surface area (Å²) in [5.74, 6) is 0.190. The Labute approximate surface area is 121 Å². The van der Waals surface area contributed by atoms with E-state index < -0.39 is 10.0 Å². The summed E-state index contributed by atoms with van der Waals surface area (Å²) in [5.41, 5.74) is 2.96. The average Bonchev–Trinajstić information content (AvgIpc) is 2.87. The topological polar surface area (TPSA) is 62.3 Å². The largest absolute Gasteiger partial charge is 0.388 e. The first-order valence-electron chi connectivity index (χ1n) is 7.00. The molecule has 0 aromatic carbocycles. The van der Waals surface area contributed by atoms with Gasteiger partial charge in [-0.1, -0.05) is 0 Å². The van der Waals surface area contributed by atoms with Gasteiger partial charge >= 0.3 is 0 Å². The summed E-state index contributed by atoms with van der Waals surface area (Å²) >= 11 is 0. The van der Waals surface area contributed by atoms with Crippen LogP contribution in [-0.4, -0.2) is 43.1 Å². The van der Waals surface area contributed by atoms with Gasteiger partial charge in [0.1, 0.15) is 0 Å². The monoisotopic (exact) mass is 297 g/mol. The number of nitrogens with zero attached hydrogens (tertiary/aromatic N) is 2. The fourth-order valence-electron chi connectivity index (χ4n) is 2.55. The first-order chi connectivity index (χ1) is 9.34. The molecule has 1 aliphatic heterocycles. The van der Waals surface area contributed by atoms with Crippen molar-refractivity contribution in [2.24, 2.45) is 0 Å². The minimum Gasteiger partial charge on any atom is -0.388 e. The van der Waals surface area contributed by atoms with E-state index in [1.807, 2.05) is 26.1 Å². The molecule has 0 unspecified atom stereocenters. The summed E-state index contributed by atoms with van der Waals surface area (Å²) in [4.78, 5) is 4.56. The zero-order chi connectivity index (χ0) is 14.9. The molecule has 0 amide bonds. The fraction of sp³-hybridized carbons (Fsp3) is 0.643. The number of pyridine rings is 1. The molecule has 1 aliphatic rings. The number of aromatic nitrogens is 1. The molecule has 5 nitrogen and oxygen atoms in total. The van der Waals surface area contributed by atoms with Crippen LogP contribution >= 0.6 is 0 Å². The zero-order valence-electron chi connectivity index (χ0n) is 12.5. The van der Waals surface area contributed by atoms with Crippen LogP contribution in [0.25, 0.3) is 0 Å². The highest BCUT2D eigenvalue weighted by Gasteiger charge is 2.34. The maximum atomic E-state index is 12.2. The van der Waals surface area contributed by atoms with Gasteiger partial charge in [-0.05, 0) is 39.3 Å². The lowest BCUT2D eigenvalue weighted by Gasteiger charge is -2.19. The molecule has 0 bridgehead atoms. The van der Waals surface area contributed by atoms with Crippen molar-refractivity contribution < 1.29 is 8.42 Å². The SMILES string of the molecule is CNc1cc(C)nc([C@@H]2CCN(S(=O)(=O)C(C)C)C2)c1. The predicted molar refractivity (Wildman–Crippen MR) is 81.5 cm³/mol. The number of rotatable bonds is 4. The van der Waals surface area contributed by atoms with Crippen LogP contribution in [0.5, 0.6) is 0 Å². The molecule has 2 rings (SSSR count). The van der Waals surface area contributed by atoms with Gasteiger partial charge in [0, 0.05) is 43.1 Å². The molecular weight excluding hydrogens is 274 g/mol. The van der Waals surface area contributed by atoms with E-state index in [1.54, 1.807) is 18.2 Å². The molecule has 0 spiro atoms. The highest BCUT2D eigenvalue weighted by atomic mass is 32.2. The van der Waals surface area contributed by atoms with Crippen molar-refractivity contribution >= 4 is 15.7 Å². The van der Waals surface area contributed by atoms with E-state index in [-0.39, 0.29) is 11.2 Å². The third-order valence-corrected chi connectivity index (χ3v) is 6.03. The van der Waals surface area contributed by atoms with Crippen molar-refractivity contribution in [2.75, 3.05) is 25.5 Å². The normalized spacial score (nSPS) is 20.6. The van der Waals surface area contributed by atoms with Gasteiger partial charge in [0.25, 0.3) is 0 Å². The molecule has 1 N–H and O–H groups in total. The molecule has 20 heavy (non-hydrogen) atoms. The van der Waals surface area contributed by atoms with Gasteiger partial charge in [-0.25, -0.2) is 12.7 Å². The Morgan fingerprint density at radius 2 is 2.10 bits per heavy atom. The van der Waals surface area contributed by atoms with Crippen molar-refractivity contribution in [3.8, 4) is 0 Å². The van der Waals surface area contributed by atoms with E-state index in [2.05, 4.69) is 10.3 Å². The Balaban J connectivity index is 2.20. The first-order valence-corrected chi connectivity index (χ1v) is 8.50. The Bertz CT molecular complexity index is 584. The van der Waals surface area contributed by atoms with E-state index >= 15 is 0 Å². The summed E-state index contributed by atoms with van der Waals surface area (Å²) in [6.07, 6.45) is 0.839. The third-order valence-electron chi connectivity index (χ3n) is 3.79. The van der Waals surface area contributed by atoms with Crippen LogP contribution in [0.2, 0.25) is 0 Å². The molecule has 112 valence electrons. The van der Waals surface area contributed by atoms with Crippen molar-refractivity contribution in [2.45, 2.75) is 38.4 Å².